The summed E-state index contributed by atoms with van der Waals surface area (Å²) in [6.45, 7) is 3.59. The normalized spacial score (nSPS) is 22.1. The first-order valence-electron chi connectivity index (χ1n) is 9.76. The fourth-order valence-corrected chi connectivity index (χ4v) is 5.51. The van der Waals surface area contributed by atoms with Crippen molar-refractivity contribution in [1.29, 1.82) is 0 Å². The number of hydrogen-bond donors (Lipinski definition) is 0. The first kappa shape index (κ1) is 20.8. The van der Waals surface area contributed by atoms with E-state index in [2.05, 4.69) is 0 Å². The number of likely N-dealkylation sites (tertiary alicyclic amines) is 1. The molecule has 2 heterocycles. The molecule has 8 heteroatoms. The molecule has 3 rings (SSSR count). The van der Waals surface area contributed by atoms with Gasteiger partial charge in [0.05, 0.1) is 23.8 Å². The highest BCUT2D eigenvalue weighted by Crippen LogP contribution is 2.27. The number of sulfonamides is 1. The Morgan fingerprint density at radius 1 is 1.00 bits per heavy atom. The van der Waals surface area contributed by atoms with Gasteiger partial charge in [-0.3, -0.25) is 9.59 Å². The molecule has 0 aliphatic carbocycles. The molecule has 0 aromatic heterocycles. The molecular formula is C20H28N2O5S. The van der Waals surface area contributed by atoms with Crippen LogP contribution in [0.1, 0.15) is 31.2 Å². The van der Waals surface area contributed by atoms with E-state index < -0.39 is 10.0 Å². The summed E-state index contributed by atoms with van der Waals surface area (Å²) in [5.74, 6) is -0.713. The van der Waals surface area contributed by atoms with Crippen LogP contribution in [0.25, 0.3) is 0 Å². The number of benzene rings is 1. The molecule has 2 saturated heterocycles. The highest BCUT2D eigenvalue weighted by Gasteiger charge is 2.36. The second-order valence-electron chi connectivity index (χ2n) is 7.64. The van der Waals surface area contributed by atoms with Gasteiger partial charge in [-0.15, -0.1) is 0 Å². The van der Waals surface area contributed by atoms with E-state index in [4.69, 9.17) is 4.74 Å². The van der Waals surface area contributed by atoms with Crippen LogP contribution in [0.15, 0.2) is 29.2 Å². The molecule has 2 aliphatic rings. The van der Waals surface area contributed by atoms with E-state index in [1.807, 2.05) is 6.92 Å². The van der Waals surface area contributed by atoms with Crippen LogP contribution in [-0.2, 0) is 24.3 Å². The molecular weight excluding hydrogens is 380 g/mol. The van der Waals surface area contributed by atoms with Gasteiger partial charge in [0.1, 0.15) is 0 Å². The Bertz CT molecular complexity index is 814. The predicted molar refractivity (Wildman–Crippen MR) is 104 cm³/mol. The average molecular weight is 409 g/mol. The zero-order chi connectivity index (χ0) is 20.3. The molecule has 154 valence electrons. The summed E-state index contributed by atoms with van der Waals surface area (Å²) in [5, 5.41) is 0. The monoisotopic (exact) mass is 408 g/mol. The van der Waals surface area contributed by atoms with Gasteiger partial charge in [0.2, 0.25) is 15.9 Å². The van der Waals surface area contributed by atoms with Gasteiger partial charge in [0.25, 0.3) is 0 Å². The molecule has 1 aromatic carbocycles. The van der Waals surface area contributed by atoms with E-state index in [9.17, 15) is 18.0 Å². The highest BCUT2D eigenvalue weighted by molar-refractivity contribution is 7.89. The SMILES string of the molecule is COC(=O)C1CCN(C(=O)[C@H]2CCCN(S(=O)(=O)c3ccc(C)cc3)C2)CC1. The van der Waals surface area contributed by atoms with Crippen molar-refractivity contribution in [2.24, 2.45) is 11.8 Å². The standard InChI is InChI=1S/C20H28N2O5S/c1-15-5-7-18(8-6-15)28(25,26)22-11-3-4-17(14-22)19(23)21-12-9-16(10-13-21)20(24)27-2/h5-8,16-17H,3-4,9-14H2,1-2H3/t17-/m0/s1. The van der Waals surface area contributed by atoms with Crippen LogP contribution in [0.2, 0.25) is 0 Å². The Kier molecular flexibility index (Phi) is 6.40. The summed E-state index contributed by atoms with van der Waals surface area (Å²) in [5.41, 5.74) is 1.00. The summed E-state index contributed by atoms with van der Waals surface area (Å²) in [4.78, 5) is 26.6. The van der Waals surface area contributed by atoms with Crippen molar-refractivity contribution in [3.63, 3.8) is 0 Å². The fraction of sp³-hybridized carbons (Fsp3) is 0.600. The molecule has 7 nitrogen and oxygen atoms in total. The number of esters is 1. The van der Waals surface area contributed by atoms with Crippen LogP contribution in [-0.4, -0.2) is 62.8 Å². The smallest absolute Gasteiger partial charge is 0.308 e. The average Bonchev–Trinajstić information content (AvgIpc) is 2.73. The minimum atomic E-state index is -3.60. The molecule has 0 bridgehead atoms. The lowest BCUT2D eigenvalue weighted by molar-refractivity contribution is -0.149. The number of methoxy groups -OCH3 is 1. The van der Waals surface area contributed by atoms with Gasteiger partial charge in [-0.05, 0) is 44.7 Å². The summed E-state index contributed by atoms with van der Waals surface area (Å²) >= 11 is 0. The van der Waals surface area contributed by atoms with Gasteiger partial charge in [0, 0.05) is 26.2 Å². The summed E-state index contributed by atoms with van der Waals surface area (Å²) in [6.07, 6.45) is 2.54. The number of carbonyl (C=O) groups is 2. The maximum Gasteiger partial charge on any atom is 0.308 e. The molecule has 2 aliphatic heterocycles. The topological polar surface area (TPSA) is 84.0 Å². The van der Waals surface area contributed by atoms with Crippen LogP contribution in [0.4, 0.5) is 0 Å². The van der Waals surface area contributed by atoms with Gasteiger partial charge >= 0.3 is 5.97 Å². The molecule has 2 fully saturated rings. The largest absolute Gasteiger partial charge is 0.469 e. The van der Waals surface area contributed by atoms with Crippen LogP contribution in [0.3, 0.4) is 0 Å². The number of aryl methyl sites for hydroxylation is 1. The highest BCUT2D eigenvalue weighted by atomic mass is 32.2. The molecule has 1 amide bonds. The van der Waals surface area contributed by atoms with E-state index in [0.29, 0.717) is 45.3 Å². The second kappa shape index (κ2) is 8.61. The first-order chi connectivity index (χ1) is 13.3. The molecule has 0 saturated carbocycles. The quantitative estimate of drug-likeness (QED) is 0.710. The molecule has 0 radical (unpaired) electrons. The Balaban J connectivity index is 1.64. The Labute approximate surface area is 166 Å². The van der Waals surface area contributed by atoms with E-state index in [-0.39, 0.29) is 35.2 Å². The van der Waals surface area contributed by atoms with Crippen molar-refractivity contribution in [1.82, 2.24) is 9.21 Å². The number of ether oxygens (including phenoxy) is 1. The van der Waals surface area contributed by atoms with Crippen LogP contribution in [0.5, 0.6) is 0 Å². The van der Waals surface area contributed by atoms with Crippen molar-refractivity contribution in [3.8, 4) is 0 Å². The van der Waals surface area contributed by atoms with Gasteiger partial charge in [-0.1, -0.05) is 17.7 Å². The molecule has 28 heavy (non-hydrogen) atoms. The Morgan fingerprint density at radius 3 is 2.25 bits per heavy atom. The lowest BCUT2D eigenvalue weighted by Crippen LogP contribution is -2.49. The maximum atomic E-state index is 12.9. The molecule has 0 spiro atoms. The minimum Gasteiger partial charge on any atom is -0.469 e. The third kappa shape index (κ3) is 4.38. The van der Waals surface area contributed by atoms with Crippen molar-refractivity contribution in [2.45, 2.75) is 37.5 Å². The molecule has 0 N–H and O–H groups in total. The van der Waals surface area contributed by atoms with E-state index in [1.165, 1.54) is 11.4 Å². The molecule has 1 atom stereocenters. The molecule has 0 unspecified atom stereocenters. The number of rotatable bonds is 4. The van der Waals surface area contributed by atoms with Gasteiger partial charge in [0.15, 0.2) is 0 Å². The number of piperidine rings is 2. The lowest BCUT2D eigenvalue weighted by atomic mass is 9.93. The number of amides is 1. The maximum absolute atomic E-state index is 12.9. The van der Waals surface area contributed by atoms with Crippen LogP contribution < -0.4 is 0 Å². The lowest BCUT2D eigenvalue weighted by Gasteiger charge is -2.37. The summed E-state index contributed by atoms with van der Waals surface area (Å²) in [7, 11) is -2.22. The number of nitrogens with zero attached hydrogens (tertiary/aromatic N) is 2. The predicted octanol–water partition coefficient (Wildman–Crippen LogP) is 1.81. The van der Waals surface area contributed by atoms with Crippen molar-refractivity contribution in [3.05, 3.63) is 29.8 Å². The Hall–Kier alpha value is -1.93. The third-order valence-corrected chi connectivity index (χ3v) is 7.61. The third-order valence-electron chi connectivity index (χ3n) is 5.73. The summed E-state index contributed by atoms with van der Waals surface area (Å²) < 4.78 is 32.1. The second-order valence-corrected chi connectivity index (χ2v) is 9.58. The van der Waals surface area contributed by atoms with E-state index in [1.54, 1.807) is 29.2 Å². The van der Waals surface area contributed by atoms with E-state index >= 15 is 0 Å². The van der Waals surface area contributed by atoms with E-state index in [0.717, 1.165) is 5.56 Å². The van der Waals surface area contributed by atoms with Gasteiger partial charge < -0.3 is 9.64 Å². The summed E-state index contributed by atoms with van der Waals surface area (Å²) in [6, 6.07) is 6.80. The number of carbonyl (C=O) groups excluding carboxylic acids is 2. The zero-order valence-corrected chi connectivity index (χ0v) is 17.3. The zero-order valence-electron chi connectivity index (χ0n) is 16.5. The Morgan fingerprint density at radius 2 is 1.64 bits per heavy atom. The van der Waals surface area contributed by atoms with Crippen molar-refractivity contribution < 1.29 is 22.7 Å². The minimum absolute atomic E-state index is 0.00729. The van der Waals surface area contributed by atoms with Gasteiger partial charge in [-0.2, -0.15) is 4.31 Å². The van der Waals surface area contributed by atoms with Crippen LogP contribution in [0, 0.1) is 18.8 Å². The number of hydrogen-bond acceptors (Lipinski definition) is 5. The van der Waals surface area contributed by atoms with Crippen molar-refractivity contribution >= 4 is 21.9 Å². The van der Waals surface area contributed by atoms with Crippen LogP contribution >= 0.6 is 0 Å². The fourth-order valence-electron chi connectivity index (χ4n) is 3.98. The van der Waals surface area contributed by atoms with Crippen molar-refractivity contribution in [2.75, 3.05) is 33.3 Å². The molecule has 1 aromatic rings. The first-order valence-corrected chi connectivity index (χ1v) is 11.2. The van der Waals surface area contributed by atoms with Gasteiger partial charge in [-0.25, -0.2) is 8.42 Å².